The van der Waals surface area contributed by atoms with Crippen LogP contribution in [0.1, 0.15) is 11.1 Å². The Morgan fingerprint density at radius 3 is 2.79 bits per heavy atom. The Bertz CT molecular complexity index is 363. The van der Waals surface area contributed by atoms with Gasteiger partial charge in [0.2, 0.25) is 0 Å². The van der Waals surface area contributed by atoms with E-state index in [0.29, 0.717) is 16.8 Å². The molecular weight excluding hydrogens is 185 g/mol. The number of benzene rings is 1. The number of ether oxygens (including phenoxy) is 1. The van der Waals surface area contributed by atoms with Gasteiger partial charge in [-0.05, 0) is 30.2 Å². The topological polar surface area (TPSA) is 52.3 Å². The predicted octanol–water partition coefficient (Wildman–Crippen LogP) is 1.43. The first-order chi connectivity index (χ1) is 6.54. The molecular formula is C10H12FNO2. The highest BCUT2D eigenvalue weighted by atomic mass is 19.1. The number of nitrogens with two attached hydrogens (primary N) is 1. The maximum Gasteiger partial charge on any atom is 0.310 e. The number of halogens is 1. The van der Waals surface area contributed by atoms with Gasteiger partial charge in [0, 0.05) is 5.69 Å². The van der Waals surface area contributed by atoms with Crippen LogP contribution in [0.3, 0.4) is 0 Å². The zero-order chi connectivity index (χ0) is 10.7. The van der Waals surface area contributed by atoms with Crippen molar-refractivity contribution in [1.29, 1.82) is 0 Å². The molecule has 0 fully saturated rings. The van der Waals surface area contributed by atoms with E-state index in [0.717, 1.165) is 0 Å². The molecule has 0 amide bonds. The lowest BCUT2D eigenvalue weighted by Crippen LogP contribution is -2.07. The summed E-state index contributed by atoms with van der Waals surface area (Å²) in [6, 6.07) is 2.77. The lowest BCUT2D eigenvalue weighted by Gasteiger charge is -2.06. The van der Waals surface area contributed by atoms with Gasteiger partial charge in [0.1, 0.15) is 5.82 Å². The molecule has 0 aliphatic carbocycles. The SMILES string of the molecule is COC(=O)Cc1cc(F)c(C)cc1N. The lowest BCUT2D eigenvalue weighted by molar-refractivity contribution is -0.139. The maximum atomic E-state index is 13.1. The van der Waals surface area contributed by atoms with E-state index >= 15 is 0 Å². The molecule has 1 aromatic carbocycles. The minimum absolute atomic E-state index is 0.000463. The summed E-state index contributed by atoms with van der Waals surface area (Å²) in [5.74, 6) is -0.793. The van der Waals surface area contributed by atoms with Crippen LogP contribution >= 0.6 is 0 Å². The molecule has 0 aliphatic heterocycles. The molecule has 0 saturated heterocycles. The molecule has 0 radical (unpaired) electrons. The Hall–Kier alpha value is -1.58. The number of hydrogen-bond acceptors (Lipinski definition) is 3. The molecule has 0 spiro atoms. The van der Waals surface area contributed by atoms with E-state index in [1.807, 2.05) is 0 Å². The van der Waals surface area contributed by atoms with Crippen molar-refractivity contribution < 1.29 is 13.9 Å². The normalized spacial score (nSPS) is 9.93. The number of aryl methyl sites for hydroxylation is 1. The van der Waals surface area contributed by atoms with Gasteiger partial charge < -0.3 is 10.5 Å². The van der Waals surface area contributed by atoms with Crippen molar-refractivity contribution in [2.75, 3.05) is 12.8 Å². The third-order valence-corrected chi connectivity index (χ3v) is 1.98. The Morgan fingerprint density at radius 1 is 1.57 bits per heavy atom. The number of nitrogen functional groups attached to an aromatic ring is 1. The average Bonchev–Trinajstić information content (AvgIpc) is 2.14. The average molecular weight is 197 g/mol. The van der Waals surface area contributed by atoms with Gasteiger partial charge >= 0.3 is 5.97 Å². The van der Waals surface area contributed by atoms with Gasteiger partial charge in [-0.3, -0.25) is 4.79 Å². The summed E-state index contributed by atoms with van der Waals surface area (Å²) in [5.41, 5.74) is 6.96. The summed E-state index contributed by atoms with van der Waals surface area (Å²) < 4.78 is 17.6. The van der Waals surface area contributed by atoms with Crippen LogP contribution in [0.4, 0.5) is 10.1 Å². The zero-order valence-corrected chi connectivity index (χ0v) is 8.13. The summed E-state index contributed by atoms with van der Waals surface area (Å²) in [5, 5.41) is 0. The third-order valence-electron chi connectivity index (χ3n) is 1.98. The number of carbonyl (C=O) groups is 1. The molecule has 1 aromatic rings. The summed E-state index contributed by atoms with van der Waals surface area (Å²) >= 11 is 0. The predicted molar refractivity (Wildman–Crippen MR) is 51.3 cm³/mol. The second-order valence-electron chi connectivity index (χ2n) is 3.05. The van der Waals surface area contributed by atoms with Crippen LogP contribution in [0.5, 0.6) is 0 Å². The van der Waals surface area contributed by atoms with E-state index < -0.39 is 5.97 Å². The first kappa shape index (κ1) is 10.5. The first-order valence-electron chi connectivity index (χ1n) is 4.16. The Balaban J connectivity index is 2.98. The highest BCUT2D eigenvalue weighted by Crippen LogP contribution is 2.18. The Labute approximate surface area is 81.7 Å². The fourth-order valence-electron chi connectivity index (χ4n) is 1.13. The van der Waals surface area contributed by atoms with Gasteiger partial charge in [-0.2, -0.15) is 0 Å². The molecule has 76 valence electrons. The van der Waals surface area contributed by atoms with E-state index in [4.69, 9.17) is 5.73 Å². The monoisotopic (exact) mass is 197 g/mol. The van der Waals surface area contributed by atoms with Crippen LogP contribution < -0.4 is 5.73 Å². The highest BCUT2D eigenvalue weighted by Gasteiger charge is 2.09. The largest absolute Gasteiger partial charge is 0.469 e. The van der Waals surface area contributed by atoms with Gasteiger partial charge in [0.05, 0.1) is 13.5 Å². The van der Waals surface area contributed by atoms with Gasteiger partial charge in [-0.25, -0.2) is 4.39 Å². The van der Waals surface area contributed by atoms with Crippen molar-refractivity contribution in [2.24, 2.45) is 0 Å². The molecule has 0 unspecified atom stereocenters. The maximum absolute atomic E-state index is 13.1. The van der Waals surface area contributed by atoms with E-state index in [1.54, 1.807) is 6.92 Å². The van der Waals surface area contributed by atoms with Crippen LogP contribution in [0.2, 0.25) is 0 Å². The summed E-state index contributed by atoms with van der Waals surface area (Å²) in [6.07, 6.45) is -0.000463. The molecule has 0 heterocycles. The second kappa shape index (κ2) is 4.09. The molecule has 14 heavy (non-hydrogen) atoms. The minimum atomic E-state index is -0.431. The molecule has 4 heteroatoms. The molecule has 0 saturated carbocycles. The van der Waals surface area contributed by atoms with Gasteiger partial charge in [-0.15, -0.1) is 0 Å². The highest BCUT2D eigenvalue weighted by molar-refractivity contribution is 5.74. The van der Waals surface area contributed by atoms with Crippen LogP contribution in [0.15, 0.2) is 12.1 Å². The summed E-state index contributed by atoms with van der Waals surface area (Å²) in [6.45, 7) is 1.62. The van der Waals surface area contributed by atoms with Crippen LogP contribution in [-0.2, 0) is 16.0 Å². The van der Waals surface area contributed by atoms with Crippen molar-refractivity contribution >= 4 is 11.7 Å². The van der Waals surface area contributed by atoms with Crippen molar-refractivity contribution in [3.8, 4) is 0 Å². The van der Waals surface area contributed by atoms with E-state index in [2.05, 4.69) is 4.74 Å². The number of esters is 1. The van der Waals surface area contributed by atoms with Gasteiger partial charge in [0.15, 0.2) is 0 Å². The number of carbonyl (C=O) groups excluding carboxylic acids is 1. The molecule has 0 bridgehead atoms. The zero-order valence-electron chi connectivity index (χ0n) is 8.13. The van der Waals surface area contributed by atoms with E-state index in [1.165, 1.54) is 19.2 Å². The van der Waals surface area contributed by atoms with E-state index in [-0.39, 0.29) is 12.2 Å². The minimum Gasteiger partial charge on any atom is -0.469 e. The quantitative estimate of drug-likeness (QED) is 0.576. The van der Waals surface area contributed by atoms with Crippen LogP contribution in [0.25, 0.3) is 0 Å². The fourth-order valence-corrected chi connectivity index (χ4v) is 1.13. The van der Waals surface area contributed by atoms with Crippen molar-refractivity contribution in [3.05, 3.63) is 29.1 Å². The van der Waals surface area contributed by atoms with E-state index in [9.17, 15) is 9.18 Å². The van der Waals surface area contributed by atoms with Crippen LogP contribution in [-0.4, -0.2) is 13.1 Å². The lowest BCUT2D eigenvalue weighted by atomic mass is 10.1. The number of rotatable bonds is 2. The summed E-state index contributed by atoms with van der Waals surface area (Å²) in [7, 11) is 1.28. The summed E-state index contributed by atoms with van der Waals surface area (Å²) in [4.78, 5) is 10.9. The first-order valence-corrected chi connectivity index (χ1v) is 4.16. The molecule has 2 N–H and O–H groups in total. The molecule has 1 rings (SSSR count). The smallest absolute Gasteiger partial charge is 0.310 e. The van der Waals surface area contributed by atoms with Crippen molar-refractivity contribution in [3.63, 3.8) is 0 Å². The number of methoxy groups -OCH3 is 1. The Morgan fingerprint density at radius 2 is 2.21 bits per heavy atom. The number of anilines is 1. The van der Waals surface area contributed by atoms with Gasteiger partial charge in [0.25, 0.3) is 0 Å². The van der Waals surface area contributed by atoms with Gasteiger partial charge in [-0.1, -0.05) is 0 Å². The van der Waals surface area contributed by atoms with Crippen molar-refractivity contribution in [1.82, 2.24) is 0 Å². The molecule has 0 aliphatic rings. The Kier molecular flexibility index (Phi) is 3.06. The standard InChI is InChI=1S/C10H12FNO2/c1-6-3-9(12)7(4-8(6)11)5-10(13)14-2/h3-4H,5,12H2,1-2H3. The fraction of sp³-hybridized carbons (Fsp3) is 0.300. The van der Waals surface area contributed by atoms with Crippen LogP contribution in [0, 0.1) is 12.7 Å². The molecule has 0 atom stereocenters. The van der Waals surface area contributed by atoms with Crippen molar-refractivity contribution in [2.45, 2.75) is 13.3 Å². The molecule has 0 aromatic heterocycles. The molecule has 3 nitrogen and oxygen atoms in total. The third kappa shape index (κ3) is 2.22. The second-order valence-corrected chi connectivity index (χ2v) is 3.05. The number of hydrogen-bond donors (Lipinski definition) is 1.